The number of hydrogen-bond donors (Lipinski definition) is 2. The second-order valence-electron chi connectivity index (χ2n) is 5.27. The Hall–Kier alpha value is -1.45. The molecule has 0 atom stereocenters. The van der Waals surface area contributed by atoms with Gasteiger partial charge in [0.25, 0.3) is 5.91 Å². The molecule has 7 heteroatoms. The lowest BCUT2D eigenvalue weighted by Crippen LogP contribution is -2.30. The highest BCUT2D eigenvalue weighted by atomic mass is 127. The summed E-state index contributed by atoms with van der Waals surface area (Å²) >= 11 is 2.15. The van der Waals surface area contributed by atoms with Crippen LogP contribution in [0.4, 0.5) is 5.69 Å². The average Bonchev–Trinajstić information content (AvgIpc) is 2.46. The van der Waals surface area contributed by atoms with E-state index >= 15 is 0 Å². The quantitative estimate of drug-likeness (QED) is 0.696. The lowest BCUT2D eigenvalue weighted by molar-refractivity contribution is 0.102. The van der Waals surface area contributed by atoms with Gasteiger partial charge in [-0.1, -0.05) is 12.1 Å². The molecule has 0 aliphatic carbocycles. The van der Waals surface area contributed by atoms with E-state index in [4.69, 9.17) is 0 Å². The summed E-state index contributed by atoms with van der Waals surface area (Å²) < 4.78 is 27.8. The fourth-order valence-corrected chi connectivity index (χ4v) is 3.79. The van der Waals surface area contributed by atoms with E-state index in [0.29, 0.717) is 5.69 Å². The van der Waals surface area contributed by atoms with Gasteiger partial charge in [0.15, 0.2) is 0 Å². The van der Waals surface area contributed by atoms with Crippen molar-refractivity contribution in [3.63, 3.8) is 0 Å². The van der Waals surface area contributed by atoms with Gasteiger partial charge in [0.1, 0.15) is 0 Å². The molecular formula is C16H17IN2O3S. The molecule has 0 bridgehead atoms. The molecule has 0 aliphatic rings. The van der Waals surface area contributed by atoms with Crippen LogP contribution < -0.4 is 10.0 Å². The maximum absolute atomic E-state index is 12.3. The lowest BCUT2D eigenvalue weighted by Gasteiger charge is -2.11. The van der Waals surface area contributed by atoms with Crippen LogP contribution in [0.1, 0.15) is 24.2 Å². The molecule has 0 heterocycles. The van der Waals surface area contributed by atoms with Gasteiger partial charge in [0, 0.05) is 20.9 Å². The molecule has 2 N–H and O–H groups in total. The zero-order valence-corrected chi connectivity index (χ0v) is 15.7. The number of benzene rings is 2. The first kappa shape index (κ1) is 17.9. The van der Waals surface area contributed by atoms with E-state index in [2.05, 4.69) is 32.6 Å². The number of halogens is 1. The third-order valence-electron chi connectivity index (χ3n) is 2.88. The first-order valence-electron chi connectivity index (χ1n) is 6.97. The number of hydrogen-bond acceptors (Lipinski definition) is 3. The van der Waals surface area contributed by atoms with Crippen LogP contribution in [0.15, 0.2) is 53.4 Å². The highest BCUT2D eigenvalue weighted by Gasteiger charge is 2.17. The van der Waals surface area contributed by atoms with Gasteiger partial charge >= 0.3 is 0 Å². The van der Waals surface area contributed by atoms with Crippen LogP contribution in [0.25, 0.3) is 0 Å². The summed E-state index contributed by atoms with van der Waals surface area (Å²) in [5.74, 6) is -0.353. The minimum Gasteiger partial charge on any atom is -0.322 e. The Morgan fingerprint density at radius 3 is 2.43 bits per heavy atom. The van der Waals surface area contributed by atoms with Crippen LogP contribution >= 0.6 is 22.6 Å². The predicted octanol–water partition coefficient (Wildman–Crippen LogP) is 3.23. The molecule has 0 saturated heterocycles. The Balaban J connectivity index is 2.24. The third-order valence-corrected chi connectivity index (χ3v) is 5.21. The van der Waals surface area contributed by atoms with Crippen LogP contribution in [0.5, 0.6) is 0 Å². The molecule has 0 fully saturated rings. The van der Waals surface area contributed by atoms with Crippen molar-refractivity contribution >= 4 is 44.2 Å². The number of rotatable bonds is 5. The molecule has 122 valence electrons. The minimum atomic E-state index is -3.63. The third kappa shape index (κ3) is 5.02. The Morgan fingerprint density at radius 2 is 1.78 bits per heavy atom. The minimum absolute atomic E-state index is 0.0708. The summed E-state index contributed by atoms with van der Waals surface area (Å²) in [5, 5.41) is 2.76. The molecule has 0 unspecified atom stereocenters. The molecular weight excluding hydrogens is 427 g/mol. The van der Waals surface area contributed by atoms with Crippen molar-refractivity contribution in [2.45, 2.75) is 24.8 Å². The first-order chi connectivity index (χ1) is 10.8. The number of amides is 1. The molecule has 0 aliphatic heterocycles. The Labute approximate surface area is 149 Å². The highest BCUT2D eigenvalue weighted by molar-refractivity contribution is 14.1. The molecule has 2 aromatic rings. The average molecular weight is 444 g/mol. The van der Waals surface area contributed by atoms with E-state index < -0.39 is 10.0 Å². The maximum atomic E-state index is 12.3. The van der Waals surface area contributed by atoms with Crippen LogP contribution in [0.2, 0.25) is 0 Å². The van der Waals surface area contributed by atoms with Gasteiger partial charge in [0.2, 0.25) is 10.0 Å². The second-order valence-corrected chi connectivity index (χ2v) is 8.23. The monoisotopic (exact) mass is 444 g/mol. The summed E-state index contributed by atoms with van der Waals surface area (Å²) in [7, 11) is -3.63. The molecule has 2 aromatic carbocycles. The van der Waals surface area contributed by atoms with Gasteiger partial charge in [-0.25, -0.2) is 13.1 Å². The van der Waals surface area contributed by atoms with E-state index in [1.807, 2.05) is 18.2 Å². The van der Waals surface area contributed by atoms with Crippen molar-refractivity contribution in [2.24, 2.45) is 0 Å². The van der Waals surface area contributed by atoms with E-state index in [1.54, 1.807) is 32.0 Å². The summed E-state index contributed by atoms with van der Waals surface area (Å²) in [5.41, 5.74) is 0.950. The number of nitrogens with one attached hydrogen (secondary N) is 2. The summed E-state index contributed by atoms with van der Waals surface area (Å²) in [4.78, 5) is 12.4. The molecule has 23 heavy (non-hydrogen) atoms. The first-order valence-corrected chi connectivity index (χ1v) is 9.53. The van der Waals surface area contributed by atoms with Crippen LogP contribution in [-0.2, 0) is 10.0 Å². The summed E-state index contributed by atoms with van der Waals surface area (Å²) in [6.45, 7) is 3.48. The zero-order chi connectivity index (χ0) is 17.0. The summed E-state index contributed by atoms with van der Waals surface area (Å²) in [6.07, 6.45) is 0. The number of anilines is 1. The SMILES string of the molecule is CC(C)NS(=O)(=O)c1cccc(C(=O)Nc2cccc(I)c2)c1. The van der Waals surface area contributed by atoms with E-state index in [9.17, 15) is 13.2 Å². The second kappa shape index (κ2) is 7.41. The number of carbonyl (C=O) groups is 1. The van der Waals surface area contributed by atoms with Crippen molar-refractivity contribution < 1.29 is 13.2 Å². The van der Waals surface area contributed by atoms with Gasteiger partial charge < -0.3 is 5.32 Å². The fourth-order valence-electron chi connectivity index (χ4n) is 1.95. The molecule has 0 saturated carbocycles. The predicted molar refractivity (Wildman–Crippen MR) is 99.0 cm³/mol. The Kier molecular flexibility index (Phi) is 5.77. The zero-order valence-electron chi connectivity index (χ0n) is 12.7. The van der Waals surface area contributed by atoms with Crippen LogP contribution in [0, 0.1) is 3.57 Å². The topological polar surface area (TPSA) is 75.3 Å². The maximum Gasteiger partial charge on any atom is 0.255 e. The van der Waals surface area contributed by atoms with E-state index in [1.165, 1.54) is 12.1 Å². The van der Waals surface area contributed by atoms with Gasteiger partial charge in [-0.15, -0.1) is 0 Å². The number of carbonyl (C=O) groups excluding carboxylic acids is 1. The highest BCUT2D eigenvalue weighted by Crippen LogP contribution is 2.16. The molecule has 0 radical (unpaired) electrons. The lowest BCUT2D eigenvalue weighted by atomic mass is 10.2. The van der Waals surface area contributed by atoms with Crippen molar-refractivity contribution in [3.05, 3.63) is 57.7 Å². The Morgan fingerprint density at radius 1 is 1.09 bits per heavy atom. The molecule has 0 aromatic heterocycles. The van der Waals surface area contributed by atoms with Crippen LogP contribution in [-0.4, -0.2) is 20.4 Å². The number of sulfonamides is 1. The molecule has 1 amide bonds. The standard InChI is InChI=1S/C16H17IN2O3S/c1-11(2)19-23(21,22)15-8-3-5-12(9-15)16(20)18-14-7-4-6-13(17)10-14/h3-11,19H,1-2H3,(H,18,20). The van der Waals surface area contributed by atoms with Gasteiger partial charge in [-0.05, 0) is 72.8 Å². The molecule has 2 rings (SSSR count). The summed E-state index contributed by atoms with van der Waals surface area (Å²) in [6, 6.07) is 13.1. The van der Waals surface area contributed by atoms with Crippen LogP contribution in [0.3, 0.4) is 0 Å². The molecule has 0 spiro atoms. The van der Waals surface area contributed by atoms with Gasteiger partial charge in [-0.2, -0.15) is 0 Å². The van der Waals surface area contributed by atoms with Crippen molar-refractivity contribution in [3.8, 4) is 0 Å². The smallest absolute Gasteiger partial charge is 0.255 e. The Bertz CT molecular complexity index is 820. The van der Waals surface area contributed by atoms with Crippen molar-refractivity contribution in [1.82, 2.24) is 4.72 Å². The van der Waals surface area contributed by atoms with E-state index in [-0.39, 0.29) is 22.4 Å². The van der Waals surface area contributed by atoms with Gasteiger partial charge in [0.05, 0.1) is 4.90 Å². The van der Waals surface area contributed by atoms with Crippen molar-refractivity contribution in [2.75, 3.05) is 5.32 Å². The largest absolute Gasteiger partial charge is 0.322 e. The fraction of sp³-hybridized carbons (Fsp3) is 0.188. The van der Waals surface area contributed by atoms with E-state index in [0.717, 1.165) is 3.57 Å². The van der Waals surface area contributed by atoms with Gasteiger partial charge in [-0.3, -0.25) is 4.79 Å². The molecule has 5 nitrogen and oxygen atoms in total. The normalized spacial score (nSPS) is 11.5. The van der Waals surface area contributed by atoms with Crippen molar-refractivity contribution in [1.29, 1.82) is 0 Å².